The molecule has 4 rings (SSSR count). The van der Waals surface area contributed by atoms with Crippen LogP contribution < -0.4 is 9.80 Å². The van der Waals surface area contributed by atoms with Crippen LogP contribution in [0.1, 0.15) is 12.0 Å². The van der Waals surface area contributed by atoms with E-state index in [9.17, 15) is 9.18 Å². The zero-order chi connectivity index (χ0) is 20.9. The third-order valence-electron chi connectivity index (χ3n) is 5.49. The molecule has 0 saturated carbocycles. The number of carbonyl (C=O) groups is 1. The van der Waals surface area contributed by atoms with Crippen LogP contribution in [0, 0.1) is 5.82 Å². The maximum Gasteiger partial charge on any atom is 0.227 e. The Morgan fingerprint density at radius 2 is 1.83 bits per heavy atom. The number of piperazine rings is 1. The van der Waals surface area contributed by atoms with Gasteiger partial charge >= 0.3 is 0 Å². The van der Waals surface area contributed by atoms with Gasteiger partial charge < -0.3 is 19.4 Å². The van der Waals surface area contributed by atoms with Crippen molar-refractivity contribution in [2.24, 2.45) is 0 Å². The molecule has 0 atom stereocenters. The lowest BCUT2D eigenvalue weighted by Crippen LogP contribution is -2.49. The number of morpholine rings is 1. The van der Waals surface area contributed by atoms with Crippen molar-refractivity contribution in [3.8, 4) is 0 Å². The summed E-state index contributed by atoms with van der Waals surface area (Å²) in [7, 11) is 0. The van der Waals surface area contributed by atoms with Crippen LogP contribution in [-0.2, 0) is 16.0 Å². The van der Waals surface area contributed by atoms with Gasteiger partial charge in [0.2, 0.25) is 11.9 Å². The van der Waals surface area contributed by atoms with Crippen LogP contribution in [0.15, 0.2) is 30.5 Å². The molecule has 3 heterocycles. The van der Waals surface area contributed by atoms with Crippen molar-refractivity contribution >= 4 is 29.3 Å². The third-order valence-corrected chi connectivity index (χ3v) is 5.78. The van der Waals surface area contributed by atoms with E-state index in [1.807, 2.05) is 11.0 Å². The molecule has 7 nitrogen and oxygen atoms in total. The topological polar surface area (TPSA) is 61.8 Å². The lowest BCUT2D eigenvalue weighted by atomic mass is 10.1. The Bertz CT molecular complexity index is 885. The first-order chi connectivity index (χ1) is 14.6. The van der Waals surface area contributed by atoms with Gasteiger partial charge in [0, 0.05) is 51.9 Å². The number of carbonyl (C=O) groups excluding carboxylic acids is 1. The van der Waals surface area contributed by atoms with E-state index in [0.29, 0.717) is 39.1 Å². The van der Waals surface area contributed by atoms with Gasteiger partial charge in [-0.3, -0.25) is 4.79 Å². The molecule has 0 spiro atoms. The monoisotopic (exact) mass is 433 g/mol. The normalized spacial score (nSPS) is 17.3. The molecule has 1 aromatic carbocycles. The van der Waals surface area contributed by atoms with E-state index in [-0.39, 0.29) is 10.9 Å². The number of ether oxygens (including phenoxy) is 1. The molecule has 0 radical (unpaired) electrons. The average molecular weight is 434 g/mol. The first-order valence-electron chi connectivity index (χ1n) is 10.2. The molecule has 1 amide bonds. The van der Waals surface area contributed by atoms with Crippen molar-refractivity contribution in [3.05, 3.63) is 46.9 Å². The second kappa shape index (κ2) is 9.57. The number of hydrogen-bond acceptors (Lipinski definition) is 6. The van der Waals surface area contributed by atoms with Gasteiger partial charge in [-0.2, -0.15) is 4.98 Å². The van der Waals surface area contributed by atoms with Crippen molar-refractivity contribution in [2.75, 3.05) is 62.3 Å². The molecule has 9 heteroatoms. The summed E-state index contributed by atoms with van der Waals surface area (Å²) in [4.78, 5) is 27.9. The molecule has 0 N–H and O–H groups in total. The zero-order valence-corrected chi connectivity index (χ0v) is 17.5. The van der Waals surface area contributed by atoms with E-state index >= 15 is 0 Å². The molecule has 0 unspecified atom stereocenters. The smallest absolute Gasteiger partial charge is 0.227 e. The minimum Gasteiger partial charge on any atom is -0.378 e. The number of hydrogen-bond donors (Lipinski definition) is 0. The summed E-state index contributed by atoms with van der Waals surface area (Å²) in [5.41, 5.74) is 0.866. The number of anilines is 2. The Hall–Kier alpha value is -2.45. The summed E-state index contributed by atoms with van der Waals surface area (Å²) >= 11 is 5.82. The molecule has 2 aliphatic heterocycles. The van der Waals surface area contributed by atoms with E-state index in [2.05, 4.69) is 14.8 Å². The van der Waals surface area contributed by atoms with Gasteiger partial charge in [-0.1, -0.05) is 17.7 Å². The van der Waals surface area contributed by atoms with Gasteiger partial charge in [-0.05, 0) is 30.2 Å². The molecule has 2 aliphatic rings. The van der Waals surface area contributed by atoms with Gasteiger partial charge in [0.05, 0.1) is 18.2 Å². The number of halogens is 2. The largest absolute Gasteiger partial charge is 0.378 e. The van der Waals surface area contributed by atoms with Crippen molar-refractivity contribution in [3.63, 3.8) is 0 Å². The number of aryl methyl sites for hydroxylation is 1. The summed E-state index contributed by atoms with van der Waals surface area (Å²) in [6.45, 7) is 5.74. The Labute approximate surface area is 180 Å². The van der Waals surface area contributed by atoms with Crippen molar-refractivity contribution in [2.45, 2.75) is 12.8 Å². The van der Waals surface area contributed by atoms with Gasteiger partial charge in [0.25, 0.3) is 0 Å². The molecule has 30 heavy (non-hydrogen) atoms. The van der Waals surface area contributed by atoms with Crippen LogP contribution in [0.5, 0.6) is 0 Å². The Morgan fingerprint density at radius 3 is 2.57 bits per heavy atom. The summed E-state index contributed by atoms with van der Waals surface area (Å²) in [5.74, 6) is 1.28. The highest BCUT2D eigenvalue weighted by molar-refractivity contribution is 6.30. The second-order valence-corrected chi connectivity index (χ2v) is 7.84. The number of rotatable bonds is 5. The molecule has 2 fully saturated rings. The summed E-state index contributed by atoms with van der Waals surface area (Å²) in [5, 5.41) is 0.0925. The summed E-state index contributed by atoms with van der Waals surface area (Å²) < 4.78 is 18.7. The summed E-state index contributed by atoms with van der Waals surface area (Å²) in [6.07, 6.45) is 2.73. The minimum absolute atomic E-state index is 0.0925. The SMILES string of the molecule is O=C(CCc1ccc(F)c(Cl)c1)N1CCN(c2ccnc(N3CCOCC3)n2)CC1. The molecule has 0 aliphatic carbocycles. The van der Waals surface area contributed by atoms with E-state index < -0.39 is 5.82 Å². The molecule has 0 bridgehead atoms. The maximum atomic E-state index is 13.3. The second-order valence-electron chi connectivity index (χ2n) is 7.43. The predicted octanol–water partition coefficient (Wildman–Crippen LogP) is 2.39. The number of nitrogens with zero attached hydrogens (tertiary/aromatic N) is 5. The fourth-order valence-electron chi connectivity index (χ4n) is 3.72. The van der Waals surface area contributed by atoms with Gasteiger partial charge in [0.1, 0.15) is 11.6 Å². The van der Waals surface area contributed by atoms with Crippen molar-refractivity contribution in [1.82, 2.24) is 14.9 Å². The van der Waals surface area contributed by atoms with Crippen LogP contribution in [-0.4, -0.2) is 73.3 Å². The maximum absolute atomic E-state index is 13.3. The van der Waals surface area contributed by atoms with Crippen LogP contribution in [0.25, 0.3) is 0 Å². The summed E-state index contributed by atoms with van der Waals surface area (Å²) in [6, 6.07) is 6.52. The van der Waals surface area contributed by atoms with Crippen LogP contribution in [0.2, 0.25) is 5.02 Å². The molecule has 2 aromatic rings. The third kappa shape index (κ3) is 4.99. The highest BCUT2D eigenvalue weighted by Crippen LogP contribution is 2.19. The lowest BCUT2D eigenvalue weighted by molar-refractivity contribution is -0.131. The quantitative estimate of drug-likeness (QED) is 0.721. The van der Waals surface area contributed by atoms with Crippen LogP contribution in [0.3, 0.4) is 0 Å². The molecule has 1 aromatic heterocycles. The molecular formula is C21H25ClFN5O2. The number of benzene rings is 1. The van der Waals surface area contributed by atoms with Gasteiger partial charge in [-0.25, -0.2) is 9.37 Å². The van der Waals surface area contributed by atoms with Crippen molar-refractivity contribution in [1.29, 1.82) is 0 Å². The van der Waals surface area contributed by atoms with Gasteiger partial charge in [0.15, 0.2) is 0 Å². The number of aromatic nitrogens is 2. The highest BCUT2D eigenvalue weighted by Gasteiger charge is 2.23. The Morgan fingerprint density at radius 1 is 1.07 bits per heavy atom. The molecule has 160 valence electrons. The zero-order valence-electron chi connectivity index (χ0n) is 16.8. The van der Waals surface area contributed by atoms with Crippen molar-refractivity contribution < 1.29 is 13.9 Å². The average Bonchev–Trinajstić information content (AvgIpc) is 2.80. The predicted molar refractivity (Wildman–Crippen MR) is 114 cm³/mol. The fraction of sp³-hybridized carbons (Fsp3) is 0.476. The lowest BCUT2D eigenvalue weighted by Gasteiger charge is -2.36. The fourth-order valence-corrected chi connectivity index (χ4v) is 3.92. The van der Waals surface area contributed by atoms with E-state index in [4.69, 9.17) is 21.3 Å². The number of amides is 1. The van der Waals surface area contributed by atoms with E-state index in [0.717, 1.165) is 43.5 Å². The molecular weight excluding hydrogens is 409 g/mol. The van der Waals surface area contributed by atoms with Gasteiger partial charge in [-0.15, -0.1) is 0 Å². The van der Waals surface area contributed by atoms with E-state index in [1.54, 1.807) is 18.3 Å². The Balaban J connectivity index is 1.29. The Kier molecular flexibility index (Phi) is 6.64. The van der Waals surface area contributed by atoms with Crippen LogP contribution >= 0.6 is 11.6 Å². The molecule has 2 saturated heterocycles. The highest BCUT2D eigenvalue weighted by atomic mass is 35.5. The first kappa shape index (κ1) is 20.8. The minimum atomic E-state index is -0.440. The van der Waals surface area contributed by atoms with Crippen LogP contribution in [0.4, 0.5) is 16.2 Å². The standard InChI is InChI=1S/C21H25ClFN5O2/c22-17-15-16(1-3-18(17)23)2-4-20(29)27-9-7-26(8-10-27)19-5-6-24-21(25-19)28-11-13-30-14-12-28/h1,3,5-6,15H,2,4,7-14H2. The first-order valence-corrected chi connectivity index (χ1v) is 10.6. The van der Waals surface area contributed by atoms with E-state index in [1.165, 1.54) is 6.07 Å².